The molecule has 0 bridgehead atoms. The molecule has 130 valence electrons. The fourth-order valence-electron chi connectivity index (χ4n) is 2.13. The van der Waals surface area contributed by atoms with Crippen LogP contribution in [0.25, 0.3) is 0 Å². The van der Waals surface area contributed by atoms with Gasteiger partial charge in [0.15, 0.2) is 6.23 Å². The molecule has 1 fully saturated rings. The van der Waals surface area contributed by atoms with E-state index in [1.807, 2.05) is 11.8 Å². The van der Waals surface area contributed by atoms with Crippen LogP contribution in [0.5, 0.6) is 0 Å². The number of ether oxygens (including phenoxy) is 1. The van der Waals surface area contributed by atoms with E-state index in [0.29, 0.717) is 0 Å². The van der Waals surface area contributed by atoms with E-state index in [2.05, 4.69) is 5.43 Å². The van der Waals surface area contributed by atoms with E-state index in [9.17, 15) is 23.7 Å². The summed E-state index contributed by atoms with van der Waals surface area (Å²) in [5.74, 6) is 0. The van der Waals surface area contributed by atoms with Gasteiger partial charge >= 0.3 is 0 Å². The van der Waals surface area contributed by atoms with Crippen molar-refractivity contribution in [3.05, 3.63) is 29.8 Å². The largest absolute Gasteiger partial charge is 0.394 e. The van der Waals surface area contributed by atoms with E-state index >= 15 is 0 Å². The first kappa shape index (κ1) is 18.2. The number of benzene rings is 1. The van der Waals surface area contributed by atoms with E-state index in [1.165, 1.54) is 12.1 Å². The number of rotatable bonds is 5. The lowest BCUT2D eigenvalue weighted by atomic mass is 9.99. The van der Waals surface area contributed by atoms with Gasteiger partial charge < -0.3 is 25.2 Å². The zero-order valence-corrected chi connectivity index (χ0v) is 13.1. The summed E-state index contributed by atoms with van der Waals surface area (Å²) in [7, 11) is -3.91. The van der Waals surface area contributed by atoms with E-state index in [-0.39, 0.29) is 4.90 Å². The maximum atomic E-state index is 12.1. The van der Waals surface area contributed by atoms with Crippen molar-refractivity contribution >= 4 is 10.0 Å². The molecule has 0 aliphatic carbocycles. The molecule has 1 aliphatic heterocycles. The normalized spacial score (nSPS) is 32.0. The average molecular weight is 348 g/mol. The quantitative estimate of drug-likeness (QED) is 0.322. The Kier molecular flexibility index (Phi) is 5.70. The van der Waals surface area contributed by atoms with Gasteiger partial charge in [-0.2, -0.15) is 0 Å². The molecular weight excluding hydrogens is 328 g/mol. The lowest BCUT2D eigenvalue weighted by Gasteiger charge is -2.40. The lowest BCUT2D eigenvalue weighted by molar-refractivity contribution is -0.237. The highest BCUT2D eigenvalue weighted by atomic mass is 32.2. The Morgan fingerprint density at radius 1 is 1.09 bits per heavy atom. The third-order valence-electron chi connectivity index (χ3n) is 3.56. The van der Waals surface area contributed by atoms with Crippen LogP contribution in [-0.2, 0) is 14.8 Å². The van der Waals surface area contributed by atoms with Crippen molar-refractivity contribution < 1.29 is 33.6 Å². The minimum absolute atomic E-state index is 0.000176. The Morgan fingerprint density at radius 3 is 2.26 bits per heavy atom. The molecule has 1 heterocycles. The van der Waals surface area contributed by atoms with Crippen molar-refractivity contribution in [2.24, 2.45) is 0 Å². The number of hydrogen-bond acceptors (Lipinski definition) is 8. The van der Waals surface area contributed by atoms with Crippen LogP contribution in [0.1, 0.15) is 5.56 Å². The molecule has 1 saturated heterocycles. The van der Waals surface area contributed by atoms with Gasteiger partial charge in [-0.3, -0.25) is 0 Å². The lowest BCUT2D eigenvalue weighted by Crippen LogP contribution is -2.64. The van der Waals surface area contributed by atoms with Crippen molar-refractivity contribution in [2.75, 3.05) is 6.61 Å². The summed E-state index contributed by atoms with van der Waals surface area (Å²) >= 11 is 0. The van der Waals surface area contributed by atoms with Gasteiger partial charge in [0, 0.05) is 0 Å². The highest BCUT2D eigenvalue weighted by Crippen LogP contribution is 2.19. The molecule has 0 saturated carbocycles. The second-order valence-electron chi connectivity index (χ2n) is 5.31. The Morgan fingerprint density at radius 2 is 1.70 bits per heavy atom. The van der Waals surface area contributed by atoms with E-state index < -0.39 is 47.3 Å². The van der Waals surface area contributed by atoms with Gasteiger partial charge in [-0.15, -0.1) is 4.83 Å². The first-order valence-corrected chi connectivity index (χ1v) is 8.39. The van der Waals surface area contributed by atoms with Crippen LogP contribution in [0, 0.1) is 6.92 Å². The molecule has 1 aromatic carbocycles. The van der Waals surface area contributed by atoms with Crippen LogP contribution in [-0.4, -0.2) is 66.1 Å². The summed E-state index contributed by atoms with van der Waals surface area (Å²) in [5, 5.41) is 38.2. The van der Waals surface area contributed by atoms with E-state index in [0.717, 1.165) is 5.56 Å². The van der Waals surface area contributed by atoms with Gasteiger partial charge in [0.25, 0.3) is 10.0 Å². The zero-order chi connectivity index (χ0) is 17.2. The fraction of sp³-hybridized carbons (Fsp3) is 0.538. The first-order valence-electron chi connectivity index (χ1n) is 6.91. The second kappa shape index (κ2) is 7.20. The number of aliphatic hydroxyl groups is 4. The monoisotopic (exact) mass is 348 g/mol. The molecule has 6 N–H and O–H groups in total. The Balaban J connectivity index is 2.05. The van der Waals surface area contributed by atoms with Crippen LogP contribution in [0.2, 0.25) is 0 Å². The highest BCUT2D eigenvalue weighted by Gasteiger charge is 2.43. The third kappa shape index (κ3) is 4.05. The highest BCUT2D eigenvalue weighted by molar-refractivity contribution is 7.89. The summed E-state index contributed by atoms with van der Waals surface area (Å²) in [6.45, 7) is 1.21. The van der Waals surface area contributed by atoms with Gasteiger partial charge in [-0.05, 0) is 19.1 Å². The smallest absolute Gasteiger partial charge is 0.253 e. The number of hydrogen-bond donors (Lipinski definition) is 6. The summed E-state index contributed by atoms with van der Waals surface area (Å²) < 4.78 is 29.4. The molecule has 0 amide bonds. The molecule has 5 atom stereocenters. The second-order valence-corrected chi connectivity index (χ2v) is 6.99. The number of nitrogens with one attached hydrogen (secondary N) is 2. The molecule has 0 unspecified atom stereocenters. The van der Waals surface area contributed by atoms with Crippen LogP contribution >= 0.6 is 0 Å². The minimum atomic E-state index is -3.91. The molecule has 0 spiro atoms. The van der Waals surface area contributed by atoms with Gasteiger partial charge in [0.05, 0.1) is 11.5 Å². The number of hydrazine groups is 1. The maximum Gasteiger partial charge on any atom is 0.253 e. The van der Waals surface area contributed by atoms with Crippen LogP contribution in [0.4, 0.5) is 0 Å². The van der Waals surface area contributed by atoms with Crippen molar-refractivity contribution in [3.8, 4) is 0 Å². The number of aryl methyl sites for hydroxylation is 1. The standard InChI is InChI=1S/C13H20N2O7S/c1-7-2-4-8(5-3-7)23(20,21)15-14-13-12(19)11(18)10(17)9(6-16)22-13/h2-5,9-19H,6H2,1H3/t9-,10-,11+,12+,13-/m1/s1. The van der Waals surface area contributed by atoms with Gasteiger partial charge in [-0.1, -0.05) is 17.7 Å². The van der Waals surface area contributed by atoms with Gasteiger partial charge in [0.1, 0.15) is 24.4 Å². The van der Waals surface area contributed by atoms with Crippen molar-refractivity contribution in [3.63, 3.8) is 0 Å². The molecule has 2 rings (SSSR count). The van der Waals surface area contributed by atoms with Gasteiger partial charge in [-0.25, -0.2) is 13.8 Å². The SMILES string of the molecule is Cc1ccc(S(=O)(=O)NN[C@@H]2O[C@H](CO)[C@@H](O)[C@H](O)[C@@H]2O)cc1. The molecule has 9 nitrogen and oxygen atoms in total. The zero-order valence-electron chi connectivity index (χ0n) is 12.3. The van der Waals surface area contributed by atoms with E-state index in [1.54, 1.807) is 12.1 Å². The molecule has 1 aromatic rings. The maximum absolute atomic E-state index is 12.1. The fourth-order valence-corrected chi connectivity index (χ4v) is 3.02. The first-order chi connectivity index (χ1) is 10.8. The third-order valence-corrected chi connectivity index (χ3v) is 4.84. The Labute approximate surface area is 133 Å². The van der Waals surface area contributed by atoms with Crippen LogP contribution < -0.4 is 10.3 Å². The van der Waals surface area contributed by atoms with E-state index in [4.69, 9.17) is 9.84 Å². The molecular formula is C13H20N2O7S. The van der Waals surface area contributed by atoms with Crippen molar-refractivity contribution in [1.82, 2.24) is 10.3 Å². The topological polar surface area (TPSA) is 148 Å². The number of sulfonamides is 1. The molecule has 1 aliphatic rings. The number of aliphatic hydroxyl groups excluding tert-OH is 4. The predicted octanol–water partition coefficient (Wildman–Crippen LogP) is -2.42. The molecule has 23 heavy (non-hydrogen) atoms. The van der Waals surface area contributed by atoms with Crippen LogP contribution in [0.3, 0.4) is 0 Å². The molecule has 0 aromatic heterocycles. The van der Waals surface area contributed by atoms with Crippen molar-refractivity contribution in [1.29, 1.82) is 0 Å². The molecule has 0 radical (unpaired) electrons. The Bertz CT molecular complexity index is 620. The summed E-state index contributed by atoms with van der Waals surface area (Å²) in [6.07, 6.45) is -7.17. The summed E-state index contributed by atoms with van der Waals surface area (Å²) in [6, 6.07) is 6.07. The minimum Gasteiger partial charge on any atom is -0.394 e. The van der Waals surface area contributed by atoms with Gasteiger partial charge in [0.2, 0.25) is 0 Å². The van der Waals surface area contributed by atoms with Crippen molar-refractivity contribution in [2.45, 2.75) is 42.5 Å². The Hall–Kier alpha value is -1.11. The summed E-state index contributed by atoms with van der Waals surface area (Å²) in [5.41, 5.74) is 3.14. The molecule has 10 heteroatoms. The average Bonchev–Trinajstić information content (AvgIpc) is 2.52. The predicted molar refractivity (Wildman–Crippen MR) is 78.4 cm³/mol. The van der Waals surface area contributed by atoms with Crippen LogP contribution in [0.15, 0.2) is 29.2 Å². The summed E-state index contributed by atoms with van der Waals surface area (Å²) in [4.78, 5) is 2.04.